The molecule has 8 heteroatoms. The molecule has 2 heterocycles. The molecule has 2 aliphatic heterocycles. The first-order valence-electron chi connectivity index (χ1n) is 11.7. The number of anilines is 1. The number of nitrogens with zero attached hydrogens (tertiary/aromatic N) is 2. The van der Waals surface area contributed by atoms with Crippen LogP contribution in [0.2, 0.25) is 0 Å². The Morgan fingerprint density at radius 2 is 1.88 bits per heavy atom. The Morgan fingerprint density at radius 3 is 2.64 bits per heavy atom. The SMILES string of the molecule is Cc1ccc(CN2CCSCC2)cc1NC(=O)c1cccc(S(=O)(=O)N2CCCCC2C)c1. The molecule has 2 fully saturated rings. The topological polar surface area (TPSA) is 69.7 Å². The monoisotopic (exact) mass is 487 g/mol. The number of hydrogen-bond acceptors (Lipinski definition) is 5. The molecule has 1 N–H and O–H groups in total. The Balaban J connectivity index is 1.50. The Labute approximate surface area is 201 Å². The maximum absolute atomic E-state index is 13.2. The number of nitrogens with one attached hydrogen (secondary N) is 1. The van der Waals surface area contributed by atoms with Crippen molar-refractivity contribution >= 4 is 33.4 Å². The van der Waals surface area contributed by atoms with Crippen molar-refractivity contribution in [1.82, 2.24) is 9.21 Å². The summed E-state index contributed by atoms with van der Waals surface area (Å²) in [4.78, 5) is 15.7. The second kappa shape index (κ2) is 10.6. The van der Waals surface area contributed by atoms with Gasteiger partial charge in [-0.05, 0) is 62.1 Å². The number of aryl methyl sites for hydroxylation is 1. The van der Waals surface area contributed by atoms with Crippen molar-refractivity contribution in [1.29, 1.82) is 0 Å². The lowest BCUT2D eigenvalue weighted by atomic mass is 10.1. The maximum Gasteiger partial charge on any atom is 0.255 e. The third kappa shape index (κ3) is 5.80. The van der Waals surface area contributed by atoms with E-state index in [1.165, 1.54) is 11.6 Å². The summed E-state index contributed by atoms with van der Waals surface area (Å²) >= 11 is 1.99. The normalized spacial score (nSPS) is 20.5. The predicted octanol–water partition coefficient (Wildman–Crippen LogP) is 4.36. The fourth-order valence-corrected chi connectivity index (χ4v) is 7.20. The summed E-state index contributed by atoms with van der Waals surface area (Å²) in [7, 11) is -3.63. The van der Waals surface area contributed by atoms with Gasteiger partial charge in [0.1, 0.15) is 0 Å². The first kappa shape index (κ1) is 24.3. The van der Waals surface area contributed by atoms with Gasteiger partial charge in [-0.3, -0.25) is 9.69 Å². The summed E-state index contributed by atoms with van der Waals surface area (Å²) in [5, 5.41) is 3.00. The number of sulfonamides is 1. The molecule has 1 amide bonds. The molecule has 4 rings (SSSR count). The van der Waals surface area contributed by atoms with E-state index in [4.69, 9.17) is 0 Å². The van der Waals surface area contributed by atoms with Crippen molar-refractivity contribution in [3.63, 3.8) is 0 Å². The fraction of sp³-hybridized carbons (Fsp3) is 0.480. The van der Waals surface area contributed by atoms with Crippen LogP contribution in [0.15, 0.2) is 47.4 Å². The molecule has 1 atom stereocenters. The molecule has 2 aromatic rings. The van der Waals surface area contributed by atoms with Crippen LogP contribution in [0.3, 0.4) is 0 Å². The van der Waals surface area contributed by atoms with Crippen LogP contribution in [-0.2, 0) is 16.6 Å². The number of carbonyl (C=O) groups excluding carboxylic acids is 1. The average Bonchev–Trinajstić information content (AvgIpc) is 2.82. The number of rotatable bonds is 6. The van der Waals surface area contributed by atoms with E-state index >= 15 is 0 Å². The van der Waals surface area contributed by atoms with Crippen LogP contribution in [0.4, 0.5) is 5.69 Å². The molecule has 0 aromatic heterocycles. The van der Waals surface area contributed by atoms with Crippen molar-refractivity contribution in [3.8, 4) is 0 Å². The number of hydrogen-bond donors (Lipinski definition) is 1. The van der Waals surface area contributed by atoms with Crippen molar-refractivity contribution in [2.75, 3.05) is 36.5 Å². The lowest BCUT2D eigenvalue weighted by molar-refractivity contribution is 0.102. The summed E-state index contributed by atoms with van der Waals surface area (Å²) < 4.78 is 28.0. The van der Waals surface area contributed by atoms with Gasteiger partial charge in [0.05, 0.1) is 4.90 Å². The second-order valence-corrected chi connectivity index (χ2v) is 12.1. The van der Waals surface area contributed by atoms with Crippen molar-refractivity contribution in [3.05, 3.63) is 59.2 Å². The molecular weight excluding hydrogens is 454 g/mol. The standard InChI is InChI=1S/C25H33N3O3S2/c1-19-9-10-21(18-27-12-14-32-15-13-27)16-24(19)26-25(29)22-7-5-8-23(17-22)33(30,31)28-11-4-3-6-20(28)2/h5,7-10,16-17,20H,3-4,6,11-15,18H2,1-2H3,(H,26,29). The molecule has 1 unspecified atom stereocenters. The van der Waals surface area contributed by atoms with Crippen LogP contribution in [-0.4, -0.2) is 60.7 Å². The van der Waals surface area contributed by atoms with Gasteiger partial charge in [0.25, 0.3) is 5.91 Å². The molecular formula is C25H33N3O3S2. The highest BCUT2D eigenvalue weighted by Gasteiger charge is 2.31. The fourth-order valence-electron chi connectivity index (χ4n) is 4.48. The maximum atomic E-state index is 13.2. The van der Waals surface area contributed by atoms with Gasteiger partial charge in [-0.15, -0.1) is 0 Å². The zero-order valence-corrected chi connectivity index (χ0v) is 21.1. The summed E-state index contributed by atoms with van der Waals surface area (Å²) in [5.41, 5.74) is 3.26. The average molecular weight is 488 g/mol. The van der Waals surface area contributed by atoms with Gasteiger partial charge in [-0.2, -0.15) is 16.1 Å². The minimum absolute atomic E-state index is 0.0230. The molecule has 178 valence electrons. The van der Waals surface area contributed by atoms with E-state index < -0.39 is 10.0 Å². The lowest BCUT2D eigenvalue weighted by Gasteiger charge is -2.32. The van der Waals surface area contributed by atoms with E-state index in [9.17, 15) is 13.2 Å². The van der Waals surface area contributed by atoms with E-state index in [2.05, 4.69) is 16.3 Å². The first-order chi connectivity index (χ1) is 15.8. The Bertz CT molecular complexity index is 1100. The molecule has 0 radical (unpaired) electrons. The van der Waals surface area contributed by atoms with Crippen molar-refractivity contribution in [2.24, 2.45) is 0 Å². The highest BCUT2D eigenvalue weighted by Crippen LogP contribution is 2.26. The Kier molecular flexibility index (Phi) is 7.79. The van der Waals surface area contributed by atoms with Crippen LogP contribution < -0.4 is 5.32 Å². The third-order valence-electron chi connectivity index (χ3n) is 6.50. The highest BCUT2D eigenvalue weighted by molar-refractivity contribution is 7.99. The van der Waals surface area contributed by atoms with E-state index in [1.54, 1.807) is 22.5 Å². The molecule has 0 saturated carbocycles. The van der Waals surface area contributed by atoms with Crippen LogP contribution in [0.25, 0.3) is 0 Å². The van der Waals surface area contributed by atoms with E-state index in [1.807, 2.05) is 37.7 Å². The highest BCUT2D eigenvalue weighted by atomic mass is 32.2. The zero-order chi connectivity index (χ0) is 23.4. The first-order valence-corrected chi connectivity index (χ1v) is 14.3. The molecule has 2 saturated heterocycles. The van der Waals surface area contributed by atoms with Crippen molar-refractivity contribution < 1.29 is 13.2 Å². The van der Waals surface area contributed by atoms with Gasteiger partial charge in [0.15, 0.2) is 0 Å². The molecule has 2 aromatic carbocycles. The number of piperidine rings is 1. The Hall–Kier alpha value is -1.87. The van der Waals surface area contributed by atoms with Gasteiger partial charge in [-0.25, -0.2) is 8.42 Å². The molecule has 0 spiro atoms. The van der Waals surface area contributed by atoms with Crippen LogP contribution in [0, 0.1) is 6.92 Å². The largest absolute Gasteiger partial charge is 0.322 e. The van der Waals surface area contributed by atoms with Gasteiger partial charge in [-0.1, -0.05) is 24.6 Å². The number of amides is 1. The van der Waals surface area contributed by atoms with E-state index in [0.29, 0.717) is 12.1 Å². The lowest BCUT2D eigenvalue weighted by Crippen LogP contribution is -2.41. The third-order valence-corrected chi connectivity index (χ3v) is 9.46. The van der Waals surface area contributed by atoms with Crippen molar-refractivity contribution in [2.45, 2.75) is 50.6 Å². The number of carbonyl (C=O) groups is 1. The predicted molar refractivity (Wildman–Crippen MR) is 135 cm³/mol. The van der Waals surface area contributed by atoms with E-state index in [0.717, 1.165) is 61.7 Å². The Morgan fingerprint density at radius 1 is 1.09 bits per heavy atom. The summed E-state index contributed by atoms with van der Waals surface area (Å²) in [5.74, 6) is 2.02. The molecule has 33 heavy (non-hydrogen) atoms. The summed E-state index contributed by atoms with van der Waals surface area (Å²) in [6.45, 7) is 7.47. The number of thioether (sulfide) groups is 1. The molecule has 0 aliphatic carbocycles. The summed E-state index contributed by atoms with van der Waals surface area (Å²) in [6.07, 6.45) is 2.78. The summed E-state index contributed by atoms with van der Waals surface area (Å²) in [6, 6.07) is 12.5. The number of benzene rings is 2. The quantitative estimate of drug-likeness (QED) is 0.656. The zero-order valence-electron chi connectivity index (χ0n) is 19.4. The smallest absolute Gasteiger partial charge is 0.255 e. The van der Waals surface area contributed by atoms with E-state index in [-0.39, 0.29) is 16.8 Å². The van der Waals surface area contributed by atoms with Crippen LogP contribution >= 0.6 is 11.8 Å². The van der Waals surface area contributed by atoms with Crippen LogP contribution in [0.5, 0.6) is 0 Å². The van der Waals surface area contributed by atoms with Gasteiger partial charge in [0.2, 0.25) is 10.0 Å². The van der Waals surface area contributed by atoms with Gasteiger partial charge < -0.3 is 5.32 Å². The minimum atomic E-state index is -3.63. The van der Waals surface area contributed by atoms with Gasteiger partial charge in [0, 0.05) is 55.0 Å². The molecule has 0 bridgehead atoms. The molecule has 6 nitrogen and oxygen atoms in total. The minimum Gasteiger partial charge on any atom is -0.322 e. The van der Waals surface area contributed by atoms with Gasteiger partial charge >= 0.3 is 0 Å². The second-order valence-electron chi connectivity index (χ2n) is 8.98. The molecule has 2 aliphatic rings. The van der Waals surface area contributed by atoms with Crippen LogP contribution in [0.1, 0.15) is 47.7 Å².